The van der Waals surface area contributed by atoms with Crippen molar-refractivity contribution in [3.05, 3.63) is 247 Å². The first-order valence-electron chi connectivity index (χ1n) is 21.1. The first-order valence-corrected chi connectivity index (χ1v) is 21.9. The minimum absolute atomic E-state index is 0.392. The lowest BCUT2D eigenvalue weighted by atomic mass is 9.70. The van der Waals surface area contributed by atoms with Gasteiger partial charge in [0.05, 0.1) is 11.1 Å². The third-order valence-electron chi connectivity index (χ3n) is 13.3. The number of hydrogen-bond donors (Lipinski definition) is 0. The summed E-state index contributed by atoms with van der Waals surface area (Å²) in [6.45, 7) is 0. The summed E-state index contributed by atoms with van der Waals surface area (Å²) < 4.78 is 2.65. The zero-order valence-electron chi connectivity index (χ0n) is 33.2. The monoisotopic (exact) mass is 791 g/mol. The van der Waals surface area contributed by atoms with Gasteiger partial charge >= 0.3 is 0 Å². The Morgan fingerprint density at radius 1 is 0.328 bits per heavy atom. The molecule has 0 radical (unpaired) electrons. The molecule has 1 heterocycles. The topological polar surface area (TPSA) is 3.24 Å². The van der Waals surface area contributed by atoms with Gasteiger partial charge in [-0.05, 0) is 121 Å². The maximum Gasteiger partial charge on any atom is 0.0725 e. The molecule has 1 aromatic heterocycles. The molecular weight excluding hydrogens is 755 g/mol. The van der Waals surface area contributed by atoms with Gasteiger partial charge in [0.1, 0.15) is 0 Å². The molecule has 10 aromatic carbocycles. The molecule has 0 atom stereocenters. The predicted octanol–water partition coefficient (Wildman–Crippen LogP) is 16.4. The number of hydrogen-bond acceptors (Lipinski definition) is 2. The molecule has 0 bridgehead atoms. The Labute approximate surface area is 359 Å². The quantitative estimate of drug-likeness (QED) is 0.168. The van der Waals surface area contributed by atoms with Gasteiger partial charge in [-0.15, -0.1) is 11.3 Å². The molecule has 0 aliphatic heterocycles. The van der Waals surface area contributed by atoms with Gasteiger partial charge in [-0.2, -0.15) is 0 Å². The zero-order chi connectivity index (χ0) is 40.1. The van der Waals surface area contributed by atoms with Crippen LogP contribution in [-0.2, 0) is 5.41 Å². The molecule has 61 heavy (non-hydrogen) atoms. The van der Waals surface area contributed by atoms with Crippen molar-refractivity contribution in [2.45, 2.75) is 5.41 Å². The van der Waals surface area contributed by atoms with Crippen LogP contribution < -0.4 is 4.90 Å². The molecule has 0 amide bonds. The van der Waals surface area contributed by atoms with Crippen molar-refractivity contribution in [2.24, 2.45) is 0 Å². The van der Waals surface area contributed by atoms with E-state index < -0.39 is 5.41 Å². The maximum absolute atomic E-state index is 2.48. The molecule has 0 N–H and O–H groups in total. The van der Waals surface area contributed by atoms with E-state index in [0.717, 1.165) is 17.1 Å². The molecule has 0 saturated heterocycles. The van der Waals surface area contributed by atoms with Crippen LogP contribution in [0.4, 0.5) is 17.1 Å². The fourth-order valence-electron chi connectivity index (χ4n) is 10.7. The Balaban J connectivity index is 1.04. The van der Waals surface area contributed by atoms with E-state index in [1.54, 1.807) is 0 Å². The molecular formula is C59H37NS. The Morgan fingerprint density at radius 3 is 1.62 bits per heavy atom. The van der Waals surface area contributed by atoms with E-state index in [0.29, 0.717) is 0 Å². The van der Waals surface area contributed by atoms with Crippen LogP contribution in [0.3, 0.4) is 0 Å². The maximum atomic E-state index is 2.48. The highest BCUT2D eigenvalue weighted by Crippen LogP contribution is 2.63. The Bertz CT molecular complexity index is 3490. The molecule has 284 valence electrons. The Hall–Kier alpha value is -7.52. The highest BCUT2D eigenvalue weighted by atomic mass is 32.1. The predicted molar refractivity (Wildman–Crippen MR) is 259 cm³/mol. The summed E-state index contributed by atoms with van der Waals surface area (Å²) in [5.74, 6) is 0. The van der Waals surface area contributed by atoms with E-state index in [-0.39, 0.29) is 0 Å². The van der Waals surface area contributed by atoms with E-state index >= 15 is 0 Å². The minimum Gasteiger partial charge on any atom is -0.310 e. The van der Waals surface area contributed by atoms with Crippen LogP contribution in [0, 0.1) is 0 Å². The van der Waals surface area contributed by atoms with Gasteiger partial charge in [0, 0.05) is 37.1 Å². The first-order chi connectivity index (χ1) is 30.3. The molecule has 1 nitrogen and oxygen atoms in total. The van der Waals surface area contributed by atoms with Crippen LogP contribution in [0.1, 0.15) is 22.3 Å². The van der Waals surface area contributed by atoms with Crippen LogP contribution >= 0.6 is 11.3 Å². The highest BCUT2D eigenvalue weighted by molar-refractivity contribution is 7.25. The van der Waals surface area contributed by atoms with Crippen LogP contribution in [0.25, 0.3) is 75.5 Å². The van der Waals surface area contributed by atoms with Gasteiger partial charge in [0.25, 0.3) is 0 Å². The smallest absolute Gasteiger partial charge is 0.0725 e. The van der Waals surface area contributed by atoms with Crippen molar-refractivity contribution in [3.8, 4) is 44.5 Å². The highest BCUT2D eigenvalue weighted by Gasteiger charge is 2.51. The van der Waals surface area contributed by atoms with Gasteiger partial charge in [-0.3, -0.25) is 0 Å². The average Bonchev–Trinajstić information content (AvgIpc) is 3.96. The van der Waals surface area contributed by atoms with Crippen molar-refractivity contribution in [3.63, 3.8) is 0 Å². The van der Waals surface area contributed by atoms with Gasteiger partial charge in [-0.1, -0.05) is 176 Å². The van der Waals surface area contributed by atoms with Gasteiger partial charge in [0.2, 0.25) is 0 Å². The lowest BCUT2D eigenvalue weighted by molar-refractivity contribution is 0.794. The molecule has 0 fully saturated rings. The molecule has 2 aliphatic carbocycles. The molecule has 1 spiro atoms. The fourth-order valence-corrected chi connectivity index (χ4v) is 11.8. The second-order valence-electron chi connectivity index (χ2n) is 16.4. The van der Waals surface area contributed by atoms with Crippen molar-refractivity contribution < 1.29 is 0 Å². The van der Waals surface area contributed by atoms with Crippen LogP contribution in [0.5, 0.6) is 0 Å². The zero-order valence-corrected chi connectivity index (χ0v) is 34.0. The number of benzene rings is 10. The number of rotatable bonds is 5. The van der Waals surface area contributed by atoms with E-state index in [1.807, 2.05) is 11.3 Å². The van der Waals surface area contributed by atoms with E-state index in [2.05, 4.69) is 229 Å². The fraction of sp³-hybridized carbons (Fsp3) is 0.0169. The number of nitrogens with zero attached hydrogens (tertiary/aromatic N) is 1. The molecule has 0 unspecified atom stereocenters. The summed E-state index contributed by atoms with van der Waals surface area (Å²) in [6.07, 6.45) is 0. The van der Waals surface area contributed by atoms with Crippen molar-refractivity contribution in [1.82, 2.24) is 0 Å². The third-order valence-corrected chi connectivity index (χ3v) is 14.4. The summed E-state index contributed by atoms with van der Waals surface area (Å²) in [5, 5.41) is 5.09. The second kappa shape index (κ2) is 13.2. The molecule has 0 saturated carbocycles. The van der Waals surface area contributed by atoms with Crippen LogP contribution in [0.15, 0.2) is 224 Å². The molecule has 2 heteroatoms. The normalized spacial score (nSPS) is 13.0. The second-order valence-corrected chi connectivity index (χ2v) is 17.4. The Kier molecular flexibility index (Phi) is 7.46. The lowest BCUT2D eigenvalue weighted by Gasteiger charge is -2.32. The number of thiophene rings is 1. The minimum atomic E-state index is -0.392. The SMILES string of the molecule is c1ccc(-c2c(N(c3ccc(-c4ccc5sc6ccccc6c5c4)cc3)c3ccc4c(c3)-c3ccccc3C43c4ccccc4-c4ccccc43)ccc3ccccc23)cc1. The van der Waals surface area contributed by atoms with Crippen molar-refractivity contribution in [1.29, 1.82) is 0 Å². The third kappa shape index (κ3) is 4.94. The van der Waals surface area contributed by atoms with Gasteiger partial charge in [0.15, 0.2) is 0 Å². The summed E-state index contributed by atoms with van der Waals surface area (Å²) in [7, 11) is 0. The molecule has 11 aromatic rings. The Morgan fingerprint density at radius 2 is 0.885 bits per heavy atom. The summed E-state index contributed by atoms with van der Waals surface area (Å²) in [5.41, 5.74) is 18.4. The van der Waals surface area contributed by atoms with Gasteiger partial charge in [-0.25, -0.2) is 0 Å². The van der Waals surface area contributed by atoms with E-state index in [1.165, 1.54) is 97.7 Å². The van der Waals surface area contributed by atoms with Crippen LogP contribution in [-0.4, -0.2) is 0 Å². The summed E-state index contributed by atoms with van der Waals surface area (Å²) in [4.78, 5) is 2.48. The van der Waals surface area contributed by atoms with Gasteiger partial charge < -0.3 is 4.90 Å². The molecule has 13 rings (SSSR count). The lowest BCUT2D eigenvalue weighted by Crippen LogP contribution is -2.25. The summed E-state index contributed by atoms with van der Waals surface area (Å²) >= 11 is 1.86. The first kappa shape index (κ1) is 34.4. The average molecular weight is 792 g/mol. The summed E-state index contributed by atoms with van der Waals surface area (Å²) in [6, 6.07) is 83.6. The van der Waals surface area contributed by atoms with E-state index in [9.17, 15) is 0 Å². The van der Waals surface area contributed by atoms with Crippen LogP contribution in [0.2, 0.25) is 0 Å². The van der Waals surface area contributed by atoms with E-state index in [4.69, 9.17) is 0 Å². The standard InChI is InChI=1S/C59H37NS/c1-2-15-40(16-3-1)58-44-17-5-4-14-39(44)28-34-55(58)60(42-30-26-38(27-31-42)41-29-35-57-50(36-41)48-21-9-13-25-56(48)61-57)43-32-33-54-49(37-43)47-20-8-12-24-53(47)59(54)51-22-10-6-18-45(51)46-19-7-11-23-52(46)59/h1-37H. The molecule has 2 aliphatic rings. The van der Waals surface area contributed by atoms with Crippen molar-refractivity contribution in [2.75, 3.05) is 4.90 Å². The number of fused-ring (bicyclic) bond motifs is 14. The largest absolute Gasteiger partial charge is 0.310 e. The number of anilines is 3. The van der Waals surface area contributed by atoms with Crippen molar-refractivity contribution >= 4 is 59.3 Å².